The van der Waals surface area contributed by atoms with E-state index in [4.69, 9.17) is 15.9 Å². The molecule has 1 aromatic heterocycles. The van der Waals surface area contributed by atoms with Gasteiger partial charge in [0.05, 0.1) is 5.69 Å². The topological polar surface area (TPSA) is 104 Å². The molecule has 2 heterocycles. The third kappa shape index (κ3) is 5.31. The molecular weight excluding hydrogens is 414 g/mol. The average molecular weight is 444 g/mol. The lowest BCUT2D eigenvalue weighted by atomic mass is 9.88. The fraction of sp³-hybridized carbons (Fsp3) is 0.269. The second-order valence-electron chi connectivity index (χ2n) is 8.13. The van der Waals surface area contributed by atoms with Gasteiger partial charge in [0.25, 0.3) is 0 Å². The molecule has 1 atom stereocenters. The third-order valence-corrected chi connectivity index (χ3v) is 5.86. The van der Waals surface area contributed by atoms with E-state index < -0.39 is 0 Å². The Labute approximate surface area is 194 Å². The standard InChI is InChI=1S/C26H29N5O2/c1-2-23(32)31-16-6-7-18(17-31)24(27)22-14-15-29-26(28)25(22)30-19-10-12-21(13-11-19)33-20-8-4-3-5-9-20/h3-5,8-15,18,27,30H,2,6-7,16-17H2,1H3,(H2,28,29)/t18-/m1/s1. The summed E-state index contributed by atoms with van der Waals surface area (Å²) in [4.78, 5) is 18.3. The molecule has 0 radical (unpaired) electrons. The van der Waals surface area contributed by atoms with Gasteiger partial charge >= 0.3 is 0 Å². The van der Waals surface area contributed by atoms with Gasteiger partial charge in [-0.25, -0.2) is 4.98 Å². The predicted octanol–water partition coefficient (Wildman–Crippen LogP) is 5.22. The fourth-order valence-electron chi connectivity index (χ4n) is 4.09. The Morgan fingerprint density at radius 1 is 1.15 bits per heavy atom. The van der Waals surface area contributed by atoms with Gasteiger partial charge in [-0.3, -0.25) is 4.79 Å². The number of para-hydroxylation sites is 1. The van der Waals surface area contributed by atoms with Crippen molar-refractivity contribution in [3.63, 3.8) is 0 Å². The van der Waals surface area contributed by atoms with Crippen LogP contribution in [0.15, 0.2) is 66.9 Å². The van der Waals surface area contributed by atoms with Crippen molar-refractivity contribution in [2.45, 2.75) is 26.2 Å². The molecule has 0 spiro atoms. The van der Waals surface area contributed by atoms with Gasteiger partial charge in [0.2, 0.25) is 5.91 Å². The fourth-order valence-corrected chi connectivity index (χ4v) is 4.09. The van der Waals surface area contributed by atoms with Gasteiger partial charge in [-0.15, -0.1) is 0 Å². The van der Waals surface area contributed by atoms with E-state index >= 15 is 0 Å². The molecule has 2 aromatic carbocycles. The molecule has 4 N–H and O–H groups in total. The number of carbonyl (C=O) groups is 1. The molecular formula is C26H29N5O2. The summed E-state index contributed by atoms with van der Waals surface area (Å²) in [5, 5.41) is 12.2. The van der Waals surface area contributed by atoms with Gasteiger partial charge in [0.15, 0.2) is 0 Å². The van der Waals surface area contributed by atoms with E-state index in [2.05, 4.69) is 10.3 Å². The zero-order valence-electron chi connectivity index (χ0n) is 18.8. The van der Waals surface area contributed by atoms with Crippen molar-refractivity contribution in [1.82, 2.24) is 9.88 Å². The number of anilines is 3. The highest BCUT2D eigenvalue weighted by Gasteiger charge is 2.28. The molecule has 1 saturated heterocycles. The van der Waals surface area contributed by atoms with Crippen molar-refractivity contribution in [1.29, 1.82) is 5.41 Å². The molecule has 170 valence electrons. The van der Waals surface area contributed by atoms with Crippen molar-refractivity contribution in [2.75, 3.05) is 24.1 Å². The normalized spacial score (nSPS) is 15.7. The molecule has 4 rings (SSSR count). The number of carbonyl (C=O) groups excluding carboxylic acids is 1. The van der Waals surface area contributed by atoms with Crippen LogP contribution in [0.5, 0.6) is 11.5 Å². The van der Waals surface area contributed by atoms with Crippen molar-refractivity contribution >= 4 is 28.8 Å². The number of nitrogens with two attached hydrogens (primary N) is 1. The minimum Gasteiger partial charge on any atom is -0.457 e. The van der Waals surface area contributed by atoms with Crippen LogP contribution in [0.2, 0.25) is 0 Å². The van der Waals surface area contributed by atoms with E-state index in [9.17, 15) is 4.79 Å². The first-order valence-corrected chi connectivity index (χ1v) is 11.3. The van der Waals surface area contributed by atoms with Crippen molar-refractivity contribution in [2.24, 2.45) is 5.92 Å². The summed E-state index contributed by atoms with van der Waals surface area (Å²) in [6.45, 7) is 3.20. The van der Waals surface area contributed by atoms with Crippen LogP contribution in [0.4, 0.5) is 17.2 Å². The van der Waals surface area contributed by atoms with E-state index in [1.807, 2.05) is 72.5 Å². The minimum absolute atomic E-state index is 0.0294. The number of ether oxygens (including phenoxy) is 1. The summed E-state index contributed by atoms with van der Waals surface area (Å²) < 4.78 is 5.86. The number of aromatic nitrogens is 1. The average Bonchev–Trinajstić information content (AvgIpc) is 2.86. The molecule has 0 unspecified atom stereocenters. The third-order valence-electron chi connectivity index (χ3n) is 5.86. The molecule has 1 aliphatic heterocycles. The first-order chi connectivity index (χ1) is 16.0. The van der Waals surface area contributed by atoms with Crippen LogP contribution < -0.4 is 15.8 Å². The van der Waals surface area contributed by atoms with Gasteiger partial charge < -0.3 is 26.1 Å². The van der Waals surface area contributed by atoms with Gasteiger partial charge in [0, 0.05) is 48.6 Å². The number of piperidine rings is 1. The molecule has 0 bridgehead atoms. The van der Waals surface area contributed by atoms with Crippen molar-refractivity contribution < 1.29 is 9.53 Å². The number of benzene rings is 2. The van der Waals surface area contributed by atoms with Crippen LogP contribution in [0.25, 0.3) is 0 Å². The lowest BCUT2D eigenvalue weighted by molar-refractivity contribution is -0.132. The Morgan fingerprint density at radius 2 is 1.88 bits per heavy atom. The first kappa shape index (κ1) is 22.3. The summed E-state index contributed by atoms with van der Waals surface area (Å²) >= 11 is 0. The number of rotatable bonds is 7. The quantitative estimate of drug-likeness (QED) is 0.435. The Bertz CT molecular complexity index is 1120. The molecule has 0 saturated carbocycles. The number of amides is 1. The lowest BCUT2D eigenvalue weighted by Gasteiger charge is -2.33. The Balaban J connectivity index is 1.51. The van der Waals surface area contributed by atoms with Crippen molar-refractivity contribution in [3.8, 4) is 11.5 Å². The molecule has 1 aliphatic rings. The van der Waals surface area contributed by atoms with Gasteiger partial charge in [-0.05, 0) is 55.3 Å². The second-order valence-corrected chi connectivity index (χ2v) is 8.13. The lowest BCUT2D eigenvalue weighted by Crippen LogP contribution is -2.42. The summed E-state index contributed by atoms with van der Waals surface area (Å²) in [6, 6.07) is 19.0. The molecule has 3 aromatic rings. The van der Waals surface area contributed by atoms with Gasteiger partial charge in [0.1, 0.15) is 17.3 Å². The highest BCUT2D eigenvalue weighted by atomic mass is 16.5. The van der Waals surface area contributed by atoms with Crippen LogP contribution in [-0.2, 0) is 4.79 Å². The molecule has 7 heteroatoms. The number of nitrogens with zero attached hydrogens (tertiary/aromatic N) is 2. The van der Waals surface area contributed by atoms with Crippen LogP contribution in [0, 0.1) is 11.3 Å². The smallest absolute Gasteiger partial charge is 0.222 e. The predicted molar refractivity (Wildman–Crippen MR) is 131 cm³/mol. The van der Waals surface area contributed by atoms with Gasteiger partial charge in [-0.2, -0.15) is 0 Å². The highest BCUT2D eigenvalue weighted by molar-refractivity contribution is 6.07. The molecule has 1 amide bonds. The maximum Gasteiger partial charge on any atom is 0.222 e. The van der Waals surface area contributed by atoms with Crippen LogP contribution in [0.3, 0.4) is 0 Å². The zero-order valence-corrected chi connectivity index (χ0v) is 18.8. The Morgan fingerprint density at radius 3 is 2.61 bits per heavy atom. The summed E-state index contributed by atoms with van der Waals surface area (Å²) in [5.41, 5.74) is 8.82. The van der Waals surface area contributed by atoms with Gasteiger partial charge in [-0.1, -0.05) is 25.1 Å². The number of nitrogen functional groups attached to an aromatic ring is 1. The van der Waals surface area contributed by atoms with Crippen LogP contribution >= 0.6 is 0 Å². The molecule has 7 nitrogen and oxygen atoms in total. The van der Waals surface area contributed by atoms with E-state index in [0.29, 0.717) is 35.7 Å². The maximum absolute atomic E-state index is 12.2. The largest absolute Gasteiger partial charge is 0.457 e. The SMILES string of the molecule is CCC(=O)N1CCC[C@@H](C(=N)c2ccnc(N)c2Nc2ccc(Oc3ccccc3)cc2)C1. The zero-order chi connectivity index (χ0) is 23.2. The highest BCUT2D eigenvalue weighted by Crippen LogP contribution is 2.31. The second kappa shape index (κ2) is 10.2. The van der Waals surface area contributed by atoms with E-state index in [0.717, 1.165) is 36.6 Å². The van der Waals surface area contributed by atoms with Crippen LogP contribution in [0.1, 0.15) is 31.7 Å². The van der Waals surface area contributed by atoms with E-state index in [1.54, 1.807) is 6.20 Å². The first-order valence-electron chi connectivity index (χ1n) is 11.3. The van der Waals surface area contributed by atoms with Crippen molar-refractivity contribution in [3.05, 3.63) is 72.4 Å². The van der Waals surface area contributed by atoms with E-state index in [-0.39, 0.29) is 11.8 Å². The molecule has 0 aliphatic carbocycles. The molecule has 1 fully saturated rings. The monoisotopic (exact) mass is 443 g/mol. The van der Waals surface area contributed by atoms with E-state index in [1.165, 1.54) is 0 Å². The number of pyridine rings is 1. The maximum atomic E-state index is 12.2. The number of likely N-dealkylation sites (tertiary alicyclic amines) is 1. The summed E-state index contributed by atoms with van der Waals surface area (Å²) in [6.07, 6.45) is 3.88. The number of nitrogens with one attached hydrogen (secondary N) is 2. The minimum atomic E-state index is -0.0294. The molecule has 33 heavy (non-hydrogen) atoms. The summed E-state index contributed by atoms with van der Waals surface area (Å²) in [5.74, 6) is 1.94. The Kier molecular flexibility index (Phi) is 6.88. The number of hydrogen-bond donors (Lipinski definition) is 3. The van der Waals surface area contributed by atoms with Crippen LogP contribution in [-0.4, -0.2) is 34.6 Å². The summed E-state index contributed by atoms with van der Waals surface area (Å²) in [7, 11) is 0. The Hall–Kier alpha value is -3.87. The number of hydrogen-bond acceptors (Lipinski definition) is 6.